The summed E-state index contributed by atoms with van der Waals surface area (Å²) < 4.78 is 6.28. The quantitative estimate of drug-likeness (QED) is 0.862. The first-order chi connectivity index (χ1) is 10.3. The Labute approximate surface area is 128 Å². The number of piperazine rings is 1. The Morgan fingerprint density at radius 2 is 1.76 bits per heavy atom. The van der Waals surface area contributed by atoms with Crippen LogP contribution in [0.25, 0.3) is 0 Å². The maximum atomic E-state index is 6.28. The van der Waals surface area contributed by atoms with Crippen molar-refractivity contribution in [2.75, 3.05) is 31.1 Å². The van der Waals surface area contributed by atoms with E-state index < -0.39 is 0 Å². The van der Waals surface area contributed by atoms with Crippen molar-refractivity contribution in [2.24, 2.45) is 0 Å². The van der Waals surface area contributed by atoms with Gasteiger partial charge in [-0.3, -0.25) is 0 Å². The number of rotatable bonds is 3. The number of hydrogen-bond acceptors (Lipinski definition) is 3. The first-order valence-corrected chi connectivity index (χ1v) is 8.56. The summed E-state index contributed by atoms with van der Waals surface area (Å²) in [5, 5.41) is 3.40. The minimum absolute atomic E-state index is 0.427. The predicted octanol–water partition coefficient (Wildman–Crippen LogP) is 3.51. The van der Waals surface area contributed by atoms with Gasteiger partial charge in [0.1, 0.15) is 5.75 Å². The molecule has 1 saturated carbocycles. The Bertz CT molecular complexity index is 447. The molecule has 2 fully saturated rings. The Kier molecular flexibility index (Phi) is 5.02. The van der Waals surface area contributed by atoms with E-state index in [0.717, 1.165) is 31.9 Å². The maximum absolute atomic E-state index is 6.28. The van der Waals surface area contributed by atoms with Crippen LogP contribution in [0.15, 0.2) is 18.2 Å². The summed E-state index contributed by atoms with van der Waals surface area (Å²) in [5.74, 6) is 1.08. The molecule has 1 heterocycles. The number of aryl methyl sites for hydroxylation is 1. The largest absolute Gasteiger partial charge is 0.490 e. The molecule has 0 unspecified atom stereocenters. The van der Waals surface area contributed by atoms with Crippen LogP contribution in [-0.2, 0) is 0 Å². The summed E-state index contributed by atoms with van der Waals surface area (Å²) >= 11 is 0. The SMILES string of the molecule is Cc1cc(N2CCNCC2)ccc1OC1CCCCCC1. The maximum Gasteiger partial charge on any atom is 0.122 e. The molecule has 1 aromatic rings. The minimum Gasteiger partial charge on any atom is -0.490 e. The van der Waals surface area contributed by atoms with Gasteiger partial charge >= 0.3 is 0 Å². The van der Waals surface area contributed by atoms with Crippen LogP contribution in [0.5, 0.6) is 5.75 Å². The molecule has 1 aliphatic heterocycles. The van der Waals surface area contributed by atoms with Gasteiger partial charge in [-0.15, -0.1) is 0 Å². The van der Waals surface area contributed by atoms with Crippen molar-refractivity contribution in [1.29, 1.82) is 0 Å². The zero-order valence-electron chi connectivity index (χ0n) is 13.2. The highest BCUT2D eigenvalue weighted by atomic mass is 16.5. The second-order valence-electron chi connectivity index (χ2n) is 6.42. The Hall–Kier alpha value is -1.22. The molecule has 0 radical (unpaired) electrons. The van der Waals surface area contributed by atoms with Crippen molar-refractivity contribution in [3.05, 3.63) is 23.8 Å². The molecule has 1 aliphatic carbocycles. The van der Waals surface area contributed by atoms with Crippen LogP contribution < -0.4 is 15.0 Å². The van der Waals surface area contributed by atoms with Crippen molar-refractivity contribution in [3.63, 3.8) is 0 Å². The van der Waals surface area contributed by atoms with Crippen molar-refractivity contribution in [1.82, 2.24) is 5.32 Å². The summed E-state index contributed by atoms with van der Waals surface area (Å²) in [4.78, 5) is 2.46. The molecule has 2 aliphatic rings. The highest BCUT2D eigenvalue weighted by Gasteiger charge is 2.16. The van der Waals surface area contributed by atoms with Crippen molar-refractivity contribution < 1.29 is 4.74 Å². The Morgan fingerprint density at radius 3 is 2.43 bits per heavy atom. The number of nitrogens with zero attached hydrogens (tertiary/aromatic N) is 1. The molecule has 0 atom stereocenters. The topological polar surface area (TPSA) is 24.5 Å². The number of hydrogen-bond donors (Lipinski definition) is 1. The van der Waals surface area contributed by atoms with Gasteiger partial charge in [-0.1, -0.05) is 12.8 Å². The lowest BCUT2D eigenvalue weighted by atomic mass is 10.1. The van der Waals surface area contributed by atoms with E-state index >= 15 is 0 Å². The van der Waals surface area contributed by atoms with Gasteiger partial charge in [0.15, 0.2) is 0 Å². The van der Waals surface area contributed by atoms with Gasteiger partial charge in [0, 0.05) is 31.9 Å². The molecule has 0 spiro atoms. The van der Waals surface area contributed by atoms with Crippen LogP contribution in [0.1, 0.15) is 44.1 Å². The molecule has 3 rings (SSSR count). The van der Waals surface area contributed by atoms with Gasteiger partial charge < -0.3 is 15.0 Å². The normalized spacial score (nSPS) is 21.1. The first kappa shape index (κ1) is 14.7. The summed E-state index contributed by atoms with van der Waals surface area (Å²) in [6, 6.07) is 6.69. The summed E-state index contributed by atoms with van der Waals surface area (Å²) in [5.41, 5.74) is 2.61. The number of nitrogens with one attached hydrogen (secondary N) is 1. The van der Waals surface area contributed by atoms with E-state index in [1.165, 1.54) is 49.8 Å². The fourth-order valence-corrected chi connectivity index (χ4v) is 3.42. The summed E-state index contributed by atoms with van der Waals surface area (Å²) in [6.07, 6.45) is 8.27. The number of ether oxygens (including phenoxy) is 1. The third kappa shape index (κ3) is 3.91. The molecule has 1 N–H and O–H groups in total. The smallest absolute Gasteiger partial charge is 0.122 e. The highest BCUT2D eigenvalue weighted by Crippen LogP contribution is 2.28. The van der Waals surface area contributed by atoms with Gasteiger partial charge in [-0.2, -0.15) is 0 Å². The second-order valence-corrected chi connectivity index (χ2v) is 6.42. The molecule has 0 amide bonds. The molecular formula is C18H28N2O. The average Bonchev–Trinajstić information content (AvgIpc) is 2.79. The van der Waals surface area contributed by atoms with Crippen LogP contribution in [-0.4, -0.2) is 32.3 Å². The van der Waals surface area contributed by atoms with E-state index in [4.69, 9.17) is 4.74 Å². The third-order valence-corrected chi connectivity index (χ3v) is 4.74. The summed E-state index contributed by atoms with van der Waals surface area (Å²) in [6.45, 7) is 6.54. The van der Waals surface area contributed by atoms with Crippen LogP contribution in [0.3, 0.4) is 0 Å². The van der Waals surface area contributed by atoms with Crippen molar-refractivity contribution in [3.8, 4) is 5.75 Å². The van der Waals surface area contributed by atoms with Crippen LogP contribution in [0.2, 0.25) is 0 Å². The molecule has 1 aromatic carbocycles. The molecule has 0 bridgehead atoms. The molecular weight excluding hydrogens is 260 g/mol. The standard InChI is InChI=1S/C18H28N2O/c1-15-14-16(20-12-10-19-11-13-20)8-9-18(15)21-17-6-4-2-3-5-7-17/h8-9,14,17,19H,2-7,10-13H2,1H3. The van der Waals surface area contributed by atoms with Crippen molar-refractivity contribution in [2.45, 2.75) is 51.6 Å². The molecule has 0 aromatic heterocycles. The number of benzene rings is 1. The lowest BCUT2D eigenvalue weighted by Gasteiger charge is -2.30. The predicted molar refractivity (Wildman–Crippen MR) is 88.4 cm³/mol. The van der Waals surface area contributed by atoms with Gasteiger partial charge in [-0.25, -0.2) is 0 Å². The van der Waals surface area contributed by atoms with E-state index in [0.29, 0.717) is 6.10 Å². The van der Waals surface area contributed by atoms with Crippen LogP contribution in [0.4, 0.5) is 5.69 Å². The monoisotopic (exact) mass is 288 g/mol. The zero-order valence-corrected chi connectivity index (χ0v) is 13.2. The fraction of sp³-hybridized carbons (Fsp3) is 0.667. The highest BCUT2D eigenvalue weighted by molar-refractivity contribution is 5.53. The molecule has 3 heteroatoms. The molecule has 3 nitrogen and oxygen atoms in total. The lowest BCUT2D eigenvalue weighted by molar-refractivity contribution is 0.182. The molecule has 1 saturated heterocycles. The molecule has 116 valence electrons. The van der Waals surface area contributed by atoms with Gasteiger partial charge in [0.05, 0.1) is 6.10 Å². The average molecular weight is 288 g/mol. The second kappa shape index (κ2) is 7.17. The summed E-state index contributed by atoms with van der Waals surface area (Å²) in [7, 11) is 0. The third-order valence-electron chi connectivity index (χ3n) is 4.74. The van der Waals surface area contributed by atoms with E-state index in [1.807, 2.05) is 0 Å². The Balaban J connectivity index is 1.65. The minimum atomic E-state index is 0.427. The van der Waals surface area contributed by atoms with Crippen LogP contribution in [0, 0.1) is 6.92 Å². The molecule has 21 heavy (non-hydrogen) atoms. The van der Waals surface area contributed by atoms with Gasteiger partial charge in [0.2, 0.25) is 0 Å². The zero-order chi connectivity index (χ0) is 14.5. The Morgan fingerprint density at radius 1 is 1.05 bits per heavy atom. The van der Waals surface area contributed by atoms with E-state index in [1.54, 1.807) is 0 Å². The first-order valence-electron chi connectivity index (χ1n) is 8.56. The number of anilines is 1. The van der Waals surface area contributed by atoms with Crippen LogP contribution >= 0.6 is 0 Å². The van der Waals surface area contributed by atoms with Gasteiger partial charge in [-0.05, 0) is 56.4 Å². The lowest BCUT2D eigenvalue weighted by Crippen LogP contribution is -2.43. The van der Waals surface area contributed by atoms with E-state index in [-0.39, 0.29) is 0 Å². The van der Waals surface area contributed by atoms with Gasteiger partial charge in [0.25, 0.3) is 0 Å². The van der Waals surface area contributed by atoms with E-state index in [2.05, 4.69) is 35.3 Å². The van der Waals surface area contributed by atoms with E-state index in [9.17, 15) is 0 Å². The van der Waals surface area contributed by atoms with Crippen molar-refractivity contribution >= 4 is 5.69 Å². The fourth-order valence-electron chi connectivity index (χ4n) is 3.42.